The van der Waals surface area contributed by atoms with Gasteiger partial charge >= 0.3 is 16.1 Å². The highest BCUT2D eigenvalue weighted by Gasteiger charge is 2.27. The third kappa shape index (κ3) is 4.17. The molecule has 0 N–H and O–H groups in total. The number of carbonyl (C=O) groups excluding carboxylic acids is 1. The molecule has 1 rings (SSSR count). The summed E-state index contributed by atoms with van der Waals surface area (Å²) in [6.07, 6.45) is -0.850. The number of hydrogen-bond acceptors (Lipinski definition) is 6. The van der Waals surface area contributed by atoms with E-state index in [9.17, 15) is 22.0 Å². The van der Waals surface area contributed by atoms with E-state index < -0.39 is 40.8 Å². The van der Waals surface area contributed by atoms with Crippen LogP contribution in [0.2, 0.25) is 0 Å². The van der Waals surface area contributed by atoms with E-state index in [1.54, 1.807) is 13.8 Å². The van der Waals surface area contributed by atoms with Crippen molar-refractivity contribution < 1.29 is 26.2 Å². The first-order valence-electron chi connectivity index (χ1n) is 6.15. The monoisotopic (exact) mass is 326 g/mol. The van der Waals surface area contributed by atoms with Gasteiger partial charge in [-0.1, -0.05) is 0 Å². The van der Waals surface area contributed by atoms with Crippen LogP contribution in [0, 0.1) is 0 Å². The fraction of sp³-hybridized carbons (Fsp3) is 0.700. The molecule has 0 bridgehead atoms. The second-order valence-electron chi connectivity index (χ2n) is 3.91. The lowest BCUT2D eigenvalue weighted by molar-refractivity contribution is 0.139. The summed E-state index contributed by atoms with van der Waals surface area (Å²) in [6.45, 7) is 1.67. The Balaban J connectivity index is 2.95. The van der Waals surface area contributed by atoms with Crippen LogP contribution in [0.3, 0.4) is 0 Å². The van der Waals surface area contributed by atoms with Gasteiger partial charge in [-0.05, 0) is 13.8 Å². The number of amides is 1. The van der Waals surface area contributed by atoms with E-state index in [0.29, 0.717) is 13.1 Å². The zero-order chi connectivity index (χ0) is 16.0. The molecule has 0 aromatic carbocycles. The van der Waals surface area contributed by atoms with Crippen LogP contribution in [-0.4, -0.2) is 66.7 Å². The van der Waals surface area contributed by atoms with Crippen LogP contribution >= 0.6 is 0 Å². The minimum atomic E-state index is -4.53. The van der Waals surface area contributed by atoms with Crippen LogP contribution in [0.5, 0.6) is 0 Å². The molecule has 0 unspecified atom stereocenters. The predicted octanol–water partition coefficient (Wildman–Crippen LogP) is 0.601. The summed E-state index contributed by atoms with van der Waals surface area (Å²) in [6, 6.07) is -0.568. The second-order valence-corrected chi connectivity index (χ2v) is 5.37. The van der Waals surface area contributed by atoms with Gasteiger partial charge in [-0.3, -0.25) is 4.18 Å². The summed E-state index contributed by atoms with van der Waals surface area (Å²) < 4.78 is 53.0. The molecule has 0 aliphatic heterocycles. The van der Waals surface area contributed by atoms with Gasteiger partial charge in [0, 0.05) is 13.1 Å². The molecule has 0 fully saturated rings. The van der Waals surface area contributed by atoms with Crippen LogP contribution in [0.15, 0.2) is 11.5 Å². The molecule has 1 aromatic rings. The Kier molecular flexibility index (Phi) is 6.15. The zero-order valence-corrected chi connectivity index (χ0v) is 12.4. The quantitative estimate of drug-likeness (QED) is 0.681. The Morgan fingerprint density at radius 3 is 2.43 bits per heavy atom. The molecule has 0 aliphatic rings. The van der Waals surface area contributed by atoms with Crippen LogP contribution < -0.4 is 0 Å². The molecule has 8 nitrogen and oxygen atoms in total. The minimum Gasteiger partial charge on any atom is -0.323 e. The highest BCUT2D eigenvalue weighted by molar-refractivity contribution is 7.86. The lowest BCUT2D eigenvalue weighted by atomic mass is 10.4. The third-order valence-electron chi connectivity index (χ3n) is 2.53. The van der Waals surface area contributed by atoms with Crippen LogP contribution in [0.4, 0.5) is 13.6 Å². The van der Waals surface area contributed by atoms with E-state index in [1.165, 1.54) is 4.90 Å². The summed E-state index contributed by atoms with van der Waals surface area (Å²) in [7, 11) is -4.53. The van der Waals surface area contributed by atoms with Gasteiger partial charge in [0.1, 0.15) is 25.8 Å². The van der Waals surface area contributed by atoms with Crippen molar-refractivity contribution in [2.45, 2.75) is 25.1 Å². The Bertz CT molecular complexity index is 569. The first kappa shape index (κ1) is 17.4. The highest BCUT2D eigenvalue weighted by Crippen LogP contribution is 2.10. The number of halogens is 2. The maximum absolute atomic E-state index is 12.3. The Morgan fingerprint density at radius 2 is 1.95 bits per heavy atom. The van der Waals surface area contributed by atoms with E-state index in [-0.39, 0.29) is 0 Å². The van der Waals surface area contributed by atoms with Crippen molar-refractivity contribution in [3.05, 3.63) is 6.33 Å². The molecule has 21 heavy (non-hydrogen) atoms. The molecule has 0 aliphatic carbocycles. The van der Waals surface area contributed by atoms with Crippen molar-refractivity contribution in [2.24, 2.45) is 0 Å². The second kappa shape index (κ2) is 7.41. The molecule has 120 valence electrons. The van der Waals surface area contributed by atoms with Crippen molar-refractivity contribution in [2.75, 3.05) is 26.4 Å². The molecule has 1 amide bonds. The topological polar surface area (TPSA) is 94.4 Å². The smallest absolute Gasteiger partial charge is 0.323 e. The van der Waals surface area contributed by atoms with Crippen LogP contribution in [0.25, 0.3) is 0 Å². The normalized spacial score (nSPS) is 11.9. The van der Waals surface area contributed by atoms with Gasteiger partial charge in [0.05, 0.1) is 0 Å². The lowest BCUT2D eigenvalue weighted by Gasteiger charge is -2.17. The molecule has 0 spiro atoms. The summed E-state index contributed by atoms with van der Waals surface area (Å²) in [5.41, 5.74) is 0. The van der Waals surface area contributed by atoms with E-state index in [4.69, 9.17) is 0 Å². The van der Waals surface area contributed by atoms with Gasteiger partial charge in [0.2, 0.25) is 0 Å². The Morgan fingerprint density at radius 1 is 1.38 bits per heavy atom. The van der Waals surface area contributed by atoms with Crippen molar-refractivity contribution in [3.8, 4) is 0 Å². The van der Waals surface area contributed by atoms with Crippen LogP contribution in [0.1, 0.15) is 13.8 Å². The molecule has 0 atom stereocenters. The van der Waals surface area contributed by atoms with Crippen molar-refractivity contribution in [3.63, 3.8) is 0 Å². The summed E-state index contributed by atoms with van der Waals surface area (Å²) >= 11 is 0. The van der Waals surface area contributed by atoms with Gasteiger partial charge in [-0.25, -0.2) is 18.6 Å². The fourth-order valence-corrected chi connectivity index (χ4v) is 2.32. The SMILES string of the molecule is CCN(CC)C(=O)n1cnc(S(=O)(=O)OC(CF)CF)n1. The largest absolute Gasteiger partial charge is 0.346 e. The van der Waals surface area contributed by atoms with Crippen molar-refractivity contribution in [1.82, 2.24) is 19.7 Å². The average Bonchev–Trinajstić information content (AvgIpc) is 2.96. The van der Waals surface area contributed by atoms with Gasteiger partial charge in [-0.15, -0.1) is 5.10 Å². The van der Waals surface area contributed by atoms with Crippen molar-refractivity contribution >= 4 is 16.1 Å². The molecular weight excluding hydrogens is 310 g/mol. The summed E-state index contributed by atoms with van der Waals surface area (Å²) in [5, 5.41) is 2.65. The molecule has 0 saturated heterocycles. The average molecular weight is 326 g/mol. The number of hydrogen-bond donors (Lipinski definition) is 0. The summed E-state index contributed by atoms with van der Waals surface area (Å²) in [4.78, 5) is 16.7. The molecule has 0 saturated carbocycles. The zero-order valence-electron chi connectivity index (χ0n) is 11.6. The Hall–Kier alpha value is -1.62. The molecule has 1 heterocycles. The van der Waals surface area contributed by atoms with Gasteiger partial charge < -0.3 is 4.90 Å². The standard InChI is InChI=1S/C10H16F2N4O4S/c1-3-15(4-2)10(17)16-7-13-9(14-16)21(18,19)20-8(5-11)6-12/h7-8H,3-6H2,1-2H3. The van der Waals surface area contributed by atoms with Gasteiger partial charge in [0.25, 0.3) is 5.16 Å². The molecule has 0 radical (unpaired) electrons. The summed E-state index contributed by atoms with van der Waals surface area (Å²) in [5.74, 6) is 0. The first-order valence-corrected chi connectivity index (χ1v) is 7.56. The predicted molar refractivity (Wildman–Crippen MR) is 67.7 cm³/mol. The lowest BCUT2D eigenvalue weighted by Crippen LogP contribution is -2.34. The van der Waals surface area contributed by atoms with Crippen molar-refractivity contribution in [1.29, 1.82) is 0 Å². The maximum atomic E-state index is 12.3. The third-order valence-corrected chi connectivity index (χ3v) is 3.69. The van der Waals surface area contributed by atoms with E-state index >= 15 is 0 Å². The molecular formula is C10H16F2N4O4S. The highest BCUT2D eigenvalue weighted by atomic mass is 32.2. The van der Waals surface area contributed by atoms with E-state index in [1.807, 2.05) is 0 Å². The number of carbonyl (C=O) groups is 1. The Labute approximate surface area is 120 Å². The number of nitrogens with zero attached hydrogens (tertiary/aromatic N) is 4. The minimum absolute atomic E-state index is 0.402. The van der Waals surface area contributed by atoms with Crippen LogP contribution in [-0.2, 0) is 14.3 Å². The molecule has 11 heteroatoms. The first-order chi connectivity index (χ1) is 9.89. The number of alkyl halides is 2. The maximum Gasteiger partial charge on any atom is 0.346 e. The molecule has 1 aromatic heterocycles. The van der Waals surface area contributed by atoms with E-state index in [0.717, 1.165) is 11.0 Å². The fourth-order valence-electron chi connectivity index (χ4n) is 1.41. The van der Waals surface area contributed by atoms with Gasteiger partial charge in [-0.2, -0.15) is 13.1 Å². The van der Waals surface area contributed by atoms with Gasteiger partial charge in [0.15, 0.2) is 0 Å². The van der Waals surface area contributed by atoms with E-state index in [2.05, 4.69) is 14.3 Å². The number of aromatic nitrogens is 3. The number of rotatable bonds is 7.